The van der Waals surface area contributed by atoms with E-state index in [1.807, 2.05) is 25.1 Å². The van der Waals surface area contributed by atoms with Crippen molar-refractivity contribution < 1.29 is 28.7 Å². The zero-order valence-electron chi connectivity index (χ0n) is 27.1. The lowest BCUT2D eigenvalue weighted by molar-refractivity contribution is -0.146. The molecule has 4 heterocycles. The number of nitrogens with one attached hydrogen (secondary N) is 1. The number of nitrogens with zero attached hydrogens (tertiary/aromatic N) is 4. The number of carbonyl (C=O) groups excluding carboxylic acids is 5. The van der Waals surface area contributed by atoms with Crippen LogP contribution in [0.25, 0.3) is 0 Å². The van der Waals surface area contributed by atoms with Gasteiger partial charge in [-0.25, -0.2) is 4.98 Å². The molecule has 0 radical (unpaired) electrons. The molecular formula is C36H39N5O6S. The van der Waals surface area contributed by atoms with E-state index in [1.165, 1.54) is 16.2 Å². The highest BCUT2D eigenvalue weighted by atomic mass is 32.1. The van der Waals surface area contributed by atoms with Gasteiger partial charge in [0.2, 0.25) is 11.8 Å². The highest BCUT2D eigenvalue weighted by molar-refractivity contribution is 7.09. The number of rotatable bonds is 7. The standard InChI is InChI=1S/C36H39N5O6S/c1-21-38-28(20-48-21)36(46)39-16-15-23(18-39)47-30-13-7-8-22-14-17-40(33(43)25-10-4-3-9-24(25)32(42)37-2)29(31(22)30)19-41-34(44)26-11-5-6-12-27(26)35(41)45/h5-8,11-13,20,23-25,29H,3-4,9-10,14-19H2,1-2H3,(H,37,42)/t23?,24-,25?,29-/m1/s1. The van der Waals surface area contributed by atoms with Crippen LogP contribution in [-0.2, 0) is 16.0 Å². The number of benzene rings is 2. The van der Waals surface area contributed by atoms with Crippen molar-refractivity contribution in [1.82, 2.24) is 25.0 Å². The summed E-state index contributed by atoms with van der Waals surface area (Å²) in [6.45, 7) is 3.14. The first kappa shape index (κ1) is 32.0. The van der Waals surface area contributed by atoms with Gasteiger partial charge in [0.15, 0.2) is 0 Å². The van der Waals surface area contributed by atoms with Gasteiger partial charge in [-0.15, -0.1) is 11.3 Å². The number of thiazole rings is 1. The molecule has 1 N–H and O–H groups in total. The number of aromatic nitrogens is 1. The third-order valence-corrected chi connectivity index (χ3v) is 11.0. The van der Waals surface area contributed by atoms with Crippen LogP contribution < -0.4 is 10.1 Å². The zero-order valence-corrected chi connectivity index (χ0v) is 28.0. The fourth-order valence-electron chi connectivity index (χ4n) is 7.82. The van der Waals surface area contributed by atoms with Crippen molar-refractivity contribution >= 4 is 40.9 Å². The van der Waals surface area contributed by atoms with E-state index in [4.69, 9.17) is 4.74 Å². The van der Waals surface area contributed by atoms with Crippen LogP contribution in [0.3, 0.4) is 0 Å². The Balaban J connectivity index is 1.21. The van der Waals surface area contributed by atoms with Crippen molar-refractivity contribution in [3.63, 3.8) is 0 Å². The maximum absolute atomic E-state index is 14.5. The summed E-state index contributed by atoms with van der Waals surface area (Å²) in [6, 6.07) is 11.9. The molecule has 1 saturated heterocycles. The number of hydrogen-bond donors (Lipinski definition) is 1. The van der Waals surface area contributed by atoms with Crippen molar-refractivity contribution in [2.45, 2.75) is 57.6 Å². The van der Waals surface area contributed by atoms with Gasteiger partial charge >= 0.3 is 0 Å². The zero-order chi connectivity index (χ0) is 33.5. The molecular weight excluding hydrogens is 630 g/mol. The topological polar surface area (TPSA) is 129 Å². The molecule has 2 fully saturated rings. The molecule has 2 aromatic carbocycles. The lowest BCUT2D eigenvalue weighted by atomic mass is 9.77. The summed E-state index contributed by atoms with van der Waals surface area (Å²) in [4.78, 5) is 76.9. The molecule has 1 aliphatic carbocycles. The van der Waals surface area contributed by atoms with Gasteiger partial charge in [0, 0.05) is 49.3 Å². The van der Waals surface area contributed by atoms with Gasteiger partial charge in [-0.1, -0.05) is 37.1 Å². The number of fused-ring (bicyclic) bond motifs is 2. The molecule has 1 saturated carbocycles. The van der Waals surface area contributed by atoms with Crippen LogP contribution in [0.15, 0.2) is 47.8 Å². The van der Waals surface area contributed by atoms with E-state index in [-0.39, 0.29) is 30.4 Å². The van der Waals surface area contributed by atoms with Crippen molar-refractivity contribution in [2.24, 2.45) is 11.8 Å². The molecule has 4 atom stereocenters. The number of carbonyl (C=O) groups is 5. The Morgan fingerprint density at radius 1 is 0.958 bits per heavy atom. The van der Waals surface area contributed by atoms with E-state index in [1.54, 1.807) is 46.5 Å². The average Bonchev–Trinajstić information content (AvgIpc) is 3.83. The third-order valence-electron chi connectivity index (χ3n) is 10.2. The average molecular weight is 670 g/mol. The number of amides is 5. The molecule has 7 rings (SSSR count). The molecule has 250 valence electrons. The van der Waals surface area contributed by atoms with Gasteiger partial charge in [-0.2, -0.15) is 0 Å². The molecule has 1 aromatic heterocycles. The Hall–Kier alpha value is -4.58. The number of imide groups is 1. The predicted octanol–water partition coefficient (Wildman–Crippen LogP) is 4.02. The number of hydrogen-bond acceptors (Lipinski definition) is 8. The van der Waals surface area contributed by atoms with Crippen molar-refractivity contribution in [1.29, 1.82) is 0 Å². The second-order valence-corrected chi connectivity index (χ2v) is 14.1. The minimum atomic E-state index is -0.677. The SMILES string of the molecule is CNC(=O)[C@@H]1CCCCC1C(=O)N1CCc2cccc(OC3CCN(C(=O)c4csc(C)n4)C3)c2[C@H]1CN1C(=O)c2ccccc2C1=O. The molecule has 0 spiro atoms. The van der Waals surface area contributed by atoms with Crippen LogP contribution >= 0.6 is 11.3 Å². The van der Waals surface area contributed by atoms with Gasteiger partial charge in [-0.05, 0) is 49.9 Å². The van der Waals surface area contributed by atoms with Crippen LogP contribution in [0.5, 0.6) is 5.75 Å². The van der Waals surface area contributed by atoms with Crippen LogP contribution in [0.2, 0.25) is 0 Å². The molecule has 12 heteroatoms. The normalized spacial score (nSPS) is 23.6. The molecule has 3 aliphatic heterocycles. The summed E-state index contributed by atoms with van der Waals surface area (Å²) < 4.78 is 6.65. The van der Waals surface area contributed by atoms with Gasteiger partial charge in [-0.3, -0.25) is 28.9 Å². The molecule has 5 amide bonds. The first-order chi connectivity index (χ1) is 23.2. The Morgan fingerprint density at radius 3 is 2.38 bits per heavy atom. The molecule has 0 bridgehead atoms. The van der Waals surface area contributed by atoms with E-state index in [0.717, 1.165) is 29.0 Å². The Bertz CT molecular complexity index is 1750. The van der Waals surface area contributed by atoms with E-state index in [2.05, 4.69) is 10.3 Å². The van der Waals surface area contributed by atoms with Gasteiger partial charge < -0.3 is 19.9 Å². The molecule has 3 aromatic rings. The highest BCUT2D eigenvalue weighted by Gasteiger charge is 2.45. The molecule has 11 nitrogen and oxygen atoms in total. The van der Waals surface area contributed by atoms with Crippen molar-refractivity contribution in [3.05, 3.63) is 80.8 Å². The Morgan fingerprint density at radius 2 is 1.69 bits per heavy atom. The molecule has 2 unspecified atom stereocenters. The molecule has 4 aliphatic rings. The Kier molecular flexibility index (Phi) is 8.76. The van der Waals surface area contributed by atoms with E-state index in [0.29, 0.717) is 67.9 Å². The lowest BCUT2D eigenvalue weighted by Crippen LogP contribution is -2.51. The quantitative estimate of drug-likeness (QED) is 0.377. The van der Waals surface area contributed by atoms with Crippen LogP contribution in [0.1, 0.15) is 85.5 Å². The third kappa shape index (κ3) is 5.76. The second-order valence-electron chi connectivity index (χ2n) is 13.0. The van der Waals surface area contributed by atoms with Crippen LogP contribution in [-0.4, -0.2) is 88.6 Å². The fourth-order valence-corrected chi connectivity index (χ4v) is 8.41. The maximum Gasteiger partial charge on any atom is 0.273 e. The fraction of sp³-hybridized carbons (Fsp3) is 0.444. The summed E-state index contributed by atoms with van der Waals surface area (Å²) in [7, 11) is 1.60. The summed E-state index contributed by atoms with van der Waals surface area (Å²) in [5.41, 5.74) is 2.87. The summed E-state index contributed by atoms with van der Waals surface area (Å²) in [6.07, 6.45) is 3.86. The smallest absolute Gasteiger partial charge is 0.273 e. The monoisotopic (exact) mass is 669 g/mol. The summed E-state index contributed by atoms with van der Waals surface area (Å²) in [5.74, 6) is -1.55. The second kappa shape index (κ2) is 13.1. The highest BCUT2D eigenvalue weighted by Crippen LogP contribution is 2.42. The summed E-state index contributed by atoms with van der Waals surface area (Å²) in [5, 5.41) is 5.35. The first-order valence-corrected chi connectivity index (χ1v) is 17.6. The number of aryl methyl sites for hydroxylation is 1. The van der Waals surface area contributed by atoms with Crippen LogP contribution in [0, 0.1) is 18.8 Å². The van der Waals surface area contributed by atoms with Gasteiger partial charge in [0.25, 0.3) is 17.7 Å². The minimum absolute atomic E-state index is 0.0404. The van der Waals surface area contributed by atoms with E-state index >= 15 is 0 Å². The van der Waals surface area contributed by atoms with Crippen molar-refractivity contribution in [2.75, 3.05) is 33.2 Å². The number of ether oxygens (including phenoxy) is 1. The van der Waals surface area contributed by atoms with Crippen LogP contribution in [0.4, 0.5) is 0 Å². The largest absolute Gasteiger partial charge is 0.488 e. The first-order valence-electron chi connectivity index (χ1n) is 16.7. The van der Waals surface area contributed by atoms with E-state index < -0.39 is 29.7 Å². The Labute approximate surface area is 283 Å². The van der Waals surface area contributed by atoms with Gasteiger partial charge in [0.1, 0.15) is 17.5 Å². The predicted molar refractivity (Wildman–Crippen MR) is 178 cm³/mol. The van der Waals surface area contributed by atoms with Crippen molar-refractivity contribution in [3.8, 4) is 5.75 Å². The molecule has 48 heavy (non-hydrogen) atoms. The summed E-state index contributed by atoms with van der Waals surface area (Å²) >= 11 is 1.44. The lowest BCUT2D eigenvalue weighted by Gasteiger charge is -2.43. The maximum atomic E-state index is 14.5. The van der Waals surface area contributed by atoms with E-state index in [9.17, 15) is 24.0 Å². The minimum Gasteiger partial charge on any atom is -0.488 e. The number of likely N-dealkylation sites (tertiary alicyclic amines) is 1. The van der Waals surface area contributed by atoms with Gasteiger partial charge in [0.05, 0.1) is 35.3 Å².